The number of amides is 1. The minimum absolute atomic E-state index is 0.201. The zero-order valence-corrected chi connectivity index (χ0v) is 11.1. The molecule has 2 atom stereocenters. The highest BCUT2D eigenvalue weighted by Crippen LogP contribution is 2.33. The number of hydrogen-bond donors (Lipinski definition) is 2. The van der Waals surface area contributed by atoms with Gasteiger partial charge in [0.1, 0.15) is 6.04 Å². The van der Waals surface area contributed by atoms with Gasteiger partial charge in [-0.3, -0.25) is 9.69 Å². The summed E-state index contributed by atoms with van der Waals surface area (Å²) in [4.78, 5) is 12.3. The van der Waals surface area contributed by atoms with Crippen LogP contribution in [-0.4, -0.2) is 41.7 Å². The van der Waals surface area contributed by atoms with Crippen molar-refractivity contribution in [1.82, 2.24) is 4.90 Å². The van der Waals surface area contributed by atoms with Crippen LogP contribution >= 0.6 is 0 Å². The Bertz CT molecular complexity index is 303. The molecule has 1 aliphatic carbocycles. The lowest BCUT2D eigenvalue weighted by Crippen LogP contribution is -2.60. The molecular weight excluding hydrogens is 259 g/mol. The van der Waals surface area contributed by atoms with Crippen LogP contribution in [-0.2, 0) is 4.79 Å². The summed E-state index contributed by atoms with van der Waals surface area (Å²) in [6.45, 7) is 1.23. The van der Waals surface area contributed by atoms with Crippen molar-refractivity contribution in [1.29, 1.82) is 0 Å². The summed E-state index contributed by atoms with van der Waals surface area (Å²) in [6, 6.07) is -3.09. The van der Waals surface area contributed by atoms with Gasteiger partial charge in [0.2, 0.25) is 5.91 Å². The number of hydrogen-bond acceptors (Lipinski definition) is 3. The second-order valence-electron chi connectivity index (χ2n) is 5.14. The second kappa shape index (κ2) is 6.56. The Labute approximate surface area is 111 Å². The Kier molecular flexibility index (Phi) is 5.61. The van der Waals surface area contributed by atoms with Gasteiger partial charge in [0.15, 0.2) is 0 Å². The molecule has 19 heavy (non-hydrogen) atoms. The van der Waals surface area contributed by atoms with E-state index in [2.05, 4.69) is 0 Å². The largest absolute Gasteiger partial charge is 0.405 e. The van der Waals surface area contributed by atoms with E-state index in [4.69, 9.17) is 11.5 Å². The van der Waals surface area contributed by atoms with Crippen molar-refractivity contribution in [3.63, 3.8) is 0 Å². The van der Waals surface area contributed by atoms with Crippen molar-refractivity contribution in [2.75, 3.05) is 6.54 Å². The monoisotopic (exact) mass is 281 g/mol. The van der Waals surface area contributed by atoms with E-state index >= 15 is 0 Å². The van der Waals surface area contributed by atoms with Gasteiger partial charge in [-0.1, -0.05) is 19.8 Å². The van der Waals surface area contributed by atoms with Crippen LogP contribution in [0.15, 0.2) is 0 Å². The molecule has 0 heterocycles. The van der Waals surface area contributed by atoms with Crippen molar-refractivity contribution in [2.24, 2.45) is 11.5 Å². The minimum atomic E-state index is -4.45. The van der Waals surface area contributed by atoms with E-state index in [9.17, 15) is 18.0 Å². The molecule has 1 aliphatic rings. The molecule has 0 aromatic carbocycles. The van der Waals surface area contributed by atoms with Gasteiger partial charge in [-0.15, -0.1) is 0 Å². The fourth-order valence-electron chi connectivity index (χ4n) is 2.77. The molecule has 0 aromatic heterocycles. The lowest BCUT2D eigenvalue weighted by Gasteiger charge is -2.39. The van der Waals surface area contributed by atoms with Crippen molar-refractivity contribution in [3.05, 3.63) is 0 Å². The Balaban J connectivity index is 2.98. The maximum absolute atomic E-state index is 13.2. The summed E-state index contributed by atoms with van der Waals surface area (Å²) in [5.74, 6) is -0.746. The van der Waals surface area contributed by atoms with Crippen LogP contribution in [0.4, 0.5) is 13.2 Å². The van der Waals surface area contributed by atoms with Crippen LogP contribution in [0.2, 0.25) is 0 Å². The van der Waals surface area contributed by atoms with Crippen molar-refractivity contribution in [3.8, 4) is 0 Å². The highest BCUT2D eigenvalue weighted by atomic mass is 19.4. The average molecular weight is 281 g/mol. The normalized spacial score (nSPS) is 20.7. The lowest BCUT2D eigenvalue weighted by molar-refractivity contribution is -0.195. The lowest BCUT2D eigenvalue weighted by atomic mass is 10.0. The molecule has 0 aliphatic heterocycles. The summed E-state index contributed by atoms with van der Waals surface area (Å²) in [6.07, 6.45) is -1.16. The van der Waals surface area contributed by atoms with Crippen molar-refractivity contribution < 1.29 is 18.0 Å². The Morgan fingerprint density at radius 1 is 1.37 bits per heavy atom. The predicted molar refractivity (Wildman–Crippen MR) is 66.3 cm³/mol. The van der Waals surface area contributed by atoms with Crippen LogP contribution in [0, 0.1) is 0 Å². The van der Waals surface area contributed by atoms with Gasteiger partial charge in [-0.2, -0.15) is 13.2 Å². The molecule has 1 amide bonds. The zero-order chi connectivity index (χ0) is 14.6. The van der Waals surface area contributed by atoms with E-state index in [0.29, 0.717) is 12.8 Å². The van der Waals surface area contributed by atoms with Crippen LogP contribution in [0.25, 0.3) is 0 Å². The number of carbonyl (C=O) groups excluding carboxylic acids is 1. The zero-order valence-electron chi connectivity index (χ0n) is 11.1. The Morgan fingerprint density at radius 2 is 1.89 bits per heavy atom. The highest BCUT2D eigenvalue weighted by molar-refractivity contribution is 5.76. The highest BCUT2D eigenvalue weighted by Gasteiger charge is 2.49. The fraction of sp³-hybridized carbons (Fsp3) is 0.917. The molecule has 0 aromatic rings. The summed E-state index contributed by atoms with van der Waals surface area (Å²) < 4.78 is 39.7. The van der Waals surface area contributed by atoms with E-state index in [1.54, 1.807) is 6.92 Å². The molecule has 1 fully saturated rings. The molecule has 7 heteroatoms. The molecule has 2 unspecified atom stereocenters. The van der Waals surface area contributed by atoms with E-state index in [-0.39, 0.29) is 19.0 Å². The molecule has 0 spiro atoms. The van der Waals surface area contributed by atoms with Gasteiger partial charge in [-0.25, -0.2) is 0 Å². The van der Waals surface area contributed by atoms with E-state index < -0.39 is 24.2 Å². The van der Waals surface area contributed by atoms with Crippen LogP contribution < -0.4 is 11.5 Å². The number of alkyl halides is 3. The third-order valence-electron chi connectivity index (χ3n) is 3.70. The molecule has 0 bridgehead atoms. The summed E-state index contributed by atoms with van der Waals surface area (Å²) in [5, 5.41) is 0. The maximum Gasteiger partial charge on any atom is 0.405 e. The molecule has 1 rings (SSSR count). The second-order valence-corrected chi connectivity index (χ2v) is 5.14. The summed E-state index contributed by atoms with van der Waals surface area (Å²) in [5.41, 5.74) is 10.7. The molecule has 0 radical (unpaired) electrons. The Hall–Kier alpha value is -0.820. The van der Waals surface area contributed by atoms with Gasteiger partial charge in [0.05, 0.1) is 6.54 Å². The van der Waals surface area contributed by atoms with Gasteiger partial charge < -0.3 is 11.5 Å². The standard InChI is InChI=1S/C12H22F3N3O/c1-2-9(16)11(12(13,14)15)18(7-10(17)19)8-5-3-4-6-8/h8-9,11H,2-7,16H2,1H3,(H2,17,19). The van der Waals surface area contributed by atoms with Crippen LogP contribution in [0.1, 0.15) is 39.0 Å². The summed E-state index contributed by atoms with van der Waals surface area (Å²) >= 11 is 0. The van der Waals surface area contributed by atoms with Crippen molar-refractivity contribution >= 4 is 5.91 Å². The van der Waals surface area contributed by atoms with Gasteiger partial charge >= 0.3 is 6.18 Å². The number of nitrogens with zero attached hydrogens (tertiary/aromatic N) is 1. The SMILES string of the molecule is CCC(N)C(N(CC(N)=O)C1CCCC1)C(F)(F)F. The molecular formula is C12H22F3N3O. The van der Waals surface area contributed by atoms with Crippen LogP contribution in [0.5, 0.6) is 0 Å². The Morgan fingerprint density at radius 3 is 2.26 bits per heavy atom. The molecule has 1 saturated carbocycles. The number of primary amides is 1. The minimum Gasteiger partial charge on any atom is -0.369 e. The first-order valence-corrected chi connectivity index (χ1v) is 6.63. The molecule has 4 N–H and O–H groups in total. The maximum atomic E-state index is 13.2. The number of rotatable bonds is 6. The number of nitrogens with two attached hydrogens (primary N) is 2. The first-order valence-electron chi connectivity index (χ1n) is 6.63. The smallest absolute Gasteiger partial charge is 0.369 e. The third kappa shape index (κ3) is 4.35. The number of halogens is 3. The van der Waals surface area contributed by atoms with Gasteiger partial charge in [0, 0.05) is 12.1 Å². The first-order chi connectivity index (χ1) is 8.77. The average Bonchev–Trinajstić information content (AvgIpc) is 2.78. The van der Waals surface area contributed by atoms with E-state index in [0.717, 1.165) is 12.8 Å². The van der Waals surface area contributed by atoms with Gasteiger partial charge in [0.25, 0.3) is 0 Å². The number of carbonyl (C=O) groups is 1. The van der Waals surface area contributed by atoms with Crippen molar-refractivity contribution in [2.45, 2.75) is 63.3 Å². The van der Waals surface area contributed by atoms with E-state index in [1.807, 2.05) is 0 Å². The topological polar surface area (TPSA) is 72.3 Å². The predicted octanol–water partition coefficient (Wildman–Crippen LogP) is 1.38. The quantitative estimate of drug-likeness (QED) is 0.772. The van der Waals surface area contributed by atoms with E-state index in [1.165, 1.54) is 4.90 Å². The van der Waals surface area contributed by atoms with Gasteiger partial charge in [-0.05, 0) is 19.3 Å². The first kappa shape index (κ1) is 16.2. The molecule has 112 valence electrons. The third-order valence-corrected chi connectivity index (χ3v) is 3.70. The molecule has 0 saturated heterocycles. The fourth-order valence-corrected chi connectivity index (χ4v) is 2.77. The van der Waals surface area contributed by atoms with Crippen LogP contribution in [0.3, 0.4) is 0 Å². The molecule has 4 nitrogen and oxygen atoms in total. The summed E-state index contributed by atoms with van der Waals surface area (Å²) in [7, 11) is 0.